The Kier molecular flexibility index (Phi) is 4.36. The Morgan fingerprint density at radius 1 is 1.36 bits per heavy atom. The first-order chi connectivity index (χ1) is 10.6. The van der Waals surface area contributed by atoms with E-state index in [1.807, 2.05) is 5.38 Å². The van der Waals surface area contributed by atoms with Crippen molar-refractivity contribution in [3.05, 3.63) is 35.3 Å². The van der Waals surface area contributed by atoms with Crippen LogP contribution in [0.2, 0.25) is 0 Å². The maximum atomic E-state index is 11.9. The fourth-order valence-corrected chi connectivity index (χ4v) is 4.03. The van der Waals surface area contributed by atoms with Crippen molar-refractivity contribution >= 4 is 61.7 Å². The van der Waals surface area contributed by atoms with E-state index >= 15 is 0 Å². The number of anilines is 1. The number of fused-ring (bicyclic) bond motifs is 1. The zero-order valence-electron chi connectivity index (χ0n) is 11.0. The third kappa shape index (κ3) is 3.43. The number of carbonyl (C=O) groups is 2. The maximum absolute atomic E-state index is 11.9. The van der Waals surface area contributed by atoms with Gasteiger partial charge in [-0.3, -0.25) is 4.79 Å². The largest absolute Gasteiger partial charge is 0.478 e. The highest BCUT2D eigenvalue weighted by Gasteiger charge is 2.11. The highest BCUT2D eigenvalue weighted by Crippen LogP contribution is 2.27. The molecular formula is C13H9N3O3S3. The average Bonchev–Trinajstić information content (AvgIpc) is 3.13. The first kappa shape index (κ1) is 14.9. The molecule has 6 nitrogen and oxygen atoms in total. The molecule has 1 aromatic carbocycles. The highest BCUT2D eigenvalue weighted by atomic mass is 32.2. The van der Waals surface area contributed by atoms with Crippen LogP contribution < -0.4 is 5.32 Å². The number of amides is 1. The van der Waals surface area contributed by atoms with Gasteiger partial charge in [-0.15, -0.1) is 11.3 Å². The van der Waals surface area contributed by atoms with E-state index in [0.29, 0.717) is 10.6 Å². The number of carboxylic acids is 1. The van der Waals surface area contributed by atoms with E-state index in [2.05, 4.69) is 15.3 Å². The van der Waals surface area contributed by atoms with Crippen molar-refractivity contribution in [3.8, 4) is 0 Å². The Balaban J connectivity index is 1.68. The first-order valence-corrected chi connectivity index (χ1v) is 8.76. The summed E-state index contributed by atoms with van der Waals surface area (Å²) in [5.41, 5.74) is 0.867. The number of hydrogen-bond acceptors (Lipinski definition) is 7. The summed E-state index contributed by atoms with van der Waals surface area (Å²) in [6.07, 6.45) is 1.69. The number of nitrogens with one attached hydrogen (secondary N) is 1. The summed E-state index contributed by atoms with van der Waals surface area (Å²) in [6, 6.07) is 4.68. The lowest BCUT2D eigenvalue weighted by Gasteiger charge is -1.98. The van der Waals surface area contributed by atoms with Crippen LogP contribution in [0.25, 0.3) is 10.2 Å². The molecule has 0 bridgehead atoms. The molecule has 0 radical (unpaired) electrons. The predicted molar refractivity (Wildman–Crippen MR) is 88.0 cm³/mol. The number of aromatic nitrogens is 2. The molecule has 0 atom stereocenters. The zero-order valence-corrected chi connectivity index (χ0v) is 13.4. The second-order valence-corrected chi connectivity index (χ2v) is 7.29. The van der Waals surface area contributed by atoms with Crippen LogP contribution in [-0.4, -0.2) is 32.7 Å². The van der Waals surface area contributed by atoms with Gasteiger partial charge in [-0.05, 0) is 18.2 Å². The highest BCUT2D eigenvalue weighted by molar-refractivity contribution is 8.01. The van der Waals surface area contributed by atoms with Gasteiger partial charge in [0.25, 0.3) is 0 Å². The van der Waals surface area contributed by atoms with E-state index in [4.69, 9.17) is 5.11 Å². The third-order valence-electron chi connectivity index (χ3n) is 2.62. The van der Waals surface area contributed by atoms with E-state index in [1.54, 1.807) is 18.3 Å². The van der Waals surface area contributed by atoms with Crippen molar-refractivity contribution in [1.29, 1.82) is 0 Å². The van der Waals surface area contributed by atoms with Crippen LogP contribution >= 0.6 is 34.4 Å². The number of nitrogens with zero attached hydrogens (tertiary/aromatic N) is 2. The molecule has 0 aliphatic carbocycles. The van der Waals surface area contributed by atoms with Crippen molar-refractivity contribution in [1.82, 2.24) is 9.97 Å². The molecule has 0 spiro atoms. The second kappa shape index (κ2) is 6.42. The smallest absolute Gasteiger partial charge is 0.335 e. The minimum absolute atomic E-state index is 0.169. The van der Waals surface area contributed by atoms with Crippen LogP contribution in [0.1, 0.15) is 10.4 Å². The molecule has 1 amide bonds. The molecule has 0 aliphatic rings. The van der Waals surface area contributed by atoms with Crippen LogP contribution in [0, 0.1) is 0 Å². The Morgan fingerprint density at radius 3 is 2.95 bits per heavy atom. The van der Waals surface area contributed by atoms with Gasteiger partial charge in [-0.25, -0.2) is 14.8 Å². The molecule has 2 heterocycles. The fraction of sp³-hybridized carbons (Fsp3) is 0.0769. The number of carbonyl (C=O) groups excluding carboxylic acids is 1. The second-order valence-electron chi connectivity index (χ2n) is 4.14. The molecule has 2 N–H and O–H groups in total. The van der Waals surface area contributed by atoms with Gasteiger partial charge in [0.15, 0.2) is 5.13 Å². The first-order valence-electron chi connectivity index (χ1n) is 6.08. The van der Waals surface area contributed by atoms with Gasteiger partial charge in [0.05, 0.1) is 21.5 Å². The molecule has 3 rings (SSSR count). The van der Waals surface area contributed by atoms with Crippen LogP contribution in [0.15, 0.2) is 34.1 Å². The molecule has 112 valence electrons. The van der Waals surface area contributed by atoms with Crippen molar-refractivity contribution in [2.75, 3.05) is 11.1 Å². The summed E-state index contributed by atoms with van der Waals surface area (Å²) in [5.74, 6) is -0.900. The van der Waals surface area contributed by atoms with E-state index < -0.39 is 5.97 Å². The Labute approximate surface area is 137 Å². The summed E-state index contributed by atoms with van der Waals surface area (Å²) in [6.45, 7) is 0. The van der Waals surface area contributed by atoms with Gasteiger partial charge in [0.1, 0.15) is 4.34 Å². The van der Waals surface area contributed by atoms with Gasteiger partial charge in [0.2, 0.25) is 5.91 Å². The lowest BCUT2D eigenvalue weighted by atomic mass is 10.2. The van der Waals surface area contributed by atoms with Gasteiger partial charge < -0.3 is 10.4 Å². The fourth-order valence-electron chi connectivity index (χ4n) is 1.68. The molecule has 0 aliphatic heterocycles. The zero-order chi connectivity index (χ0) is 15.5. The Morgan fingerprint density at radius 2 is 2.23 bits per heavy atom. The number of aromatic carboxylic acids is 1. The summed E-state index contributed by atoms with van der Waals surface area (Å²) in [4.78, 5) is 31.2. The molecule has 0 unspecified atom stereocenters. The third-order valence-corrected chi connectivity index (χ3v) is 5.52. The molecule has 0 saturated heterocycles. The number of benzene rings is 1. The van der Waals surface area contributed by atoms with Gasteiger partial charge >= 0.3 is 5.97 Å². The molecule has 22 heavy (non-hydrogen) atoms. The number of thioether (sulfide) groups is 1. The summed E-state index contributed by atoms with van der Waals surface area (Å²) < 4.78 is 1.56. The average molecular weight is 351 g/mol. The minimum atomic E-state index is -0.985. The number of carboxylic acid groups (broad SMARTS) is 1. The topological polar surface area (TPSA) is 92.2 Å². The SMILES string of the molecule is O=C(CSc1nccs1)Nc1nc2ccc(C(=O)O)cc2s1. The number of hydrogen-bond donors (Lipinski definition) is 2. The van der Waals surface area contributed by atoms with Crippen LogP contribution in [0.5, 0.6) is 0 Å². The van der Waals surface area contributed by atoms with Crippen molar-refractivity contribution in [3.63, 3.8) is 0 Å². The van der Waals surface area contributed by atoms with E-state index in [1.165, 1.54) is 40.5 Å². The predicted octanol–water partition coefficient (Wildman–Crippen LogP) is 3.18. The molecule has 0 saturated carbocycles. The van der Waals surface area contributed by atoms with Crippen LogP contribution in [0.4, 0.5) is 5.13 Å². The molecule has 9 heteroatoms. The summed E-state index contributed by atoms with van der Waals surface area (Å²) in [5, 5.41) is 14.0. The molecule has 0 fully saturated rings. The van der Waals surface area contributed by atoms with E-state index in [-0.39, 0.29) is 17.2 Å². The van der Waals surface area contributed by atoms with Crippen molar-refractivity contribution < 1.29 is 14.7 Å². The van der Waals surface area contributed by atoms with Crippen LogP contribution in [0.3, 0.4) is 0 Å². The van der Waals surface area contributed by atoms with Crippen molar-refractivity contribution in [2.45, 2.75) is 4.34 Å². The lowest BCUT2D eigenvalue weighted by Crippen LogP contribution is -2.13. The molecular weight excluding hydrogens is 342 g/mol. The normalized spacial score (nSPS) is 10.7. The minimum Gasteiger partial charge on any atom is -0.478 e. The van der Waals surface area contributed by atoms with Crippen LogP contribution in [-0.2, 0) is 4.79 Å². The van der Waals surface area contributed by atoms with E-state index in [0.717, 1.165) is 9.04 Å². The standard InChI is InChI=1S/C13H9N3O3S3/c17-10(6-21-13-14-3-4-20-13)16-12-15-8-2-1-7(11(18)19)5-9(8)22-12/h1-5H,6H2,(H,18,19)(H,15,16,17). The molecule has 2 aromatic heterocycles. The summed E-state index contributed by atoms with van der Waals surface area (Å²) >= 11 is 4.10. The molecule has 3 aromatic rings. The van der Waals surface area contributed by atoms with Gasteiger partial charge in [-0.2, -0.15) is 0 Å². The quantitative estimate of drug-likeness (QED) is 0.686. The Hall–Kier alpha value is -1.97. The van der Waals surface area contributed by atoms with E-state index in [9.17, 15) is 9.59 Å². The lowest BCUT2D eigenvalue weighted by molar-refractivity contribution is -0.113. The monoisotopic (exact) mass is 351 g/mol. The Bertz CT molecular complexity index is 830. The number of thiazole rings is 2. The maximum Gasteiger partial charge on any atom is 0.335 e. The van der Waals surface area contributed by atoms with Gasteiger partial charge in [0, 0.05) is 11.6 Å². The summed E-state index contributed by atoms with van der Waals surface area (Å²) in [7, 11) is 0. The van der Waals surface area contributed by atoms with Crippen molar-refractivity contribution in [2.24, 2.45) is 0 Å². The van der Waals surface area contributed by atoms with Gasteiger partial charge in [-0.1, -0.05) is 23.1 Å². The number of rotatable bonds is 5.